The second-order valence-electron chi connectivity index (χ2n) is 10.9. The molecule has 3 aromatic carbocycles. The number of nitrogens with one attached hydrogen (secondary N) is 2. The molecule has 2 aliphatic heterocycles. The molecule has 0 bridgehead atoms. The van der Waals surface area contributed by atoms with Gasteiger partial charge >= 0.3 is 0 Å². The lowest BCUT2D eigenvalue weighted by molar-refractivity contribution is -0.128. The first-order valence-electron chi connectivity index (χ1n) is 14.3. The first-order chi connectivity index (χ1) is 20.3. The van der Waals surface area contributed by atoms with E-state index in [4.69, 9.17) is 9.47 Å². The fourth-order valence-electron chi connectivity index (χ4n) is 5.69. The minimum absolute atomic E-state index is 0. The molecule has 2 unspecified atom stereocenters. The Morgan fingerprint density at radius 3 is 2.51 bits per heavy atom. The summed E-state index contributed by atoms with van der Waals surface area (Å²) in [4.78, 5) is 44.7. The Morgan fingerprint density at radius 1 is 1.09 bits per heavy atom. The molecule has 2 aliphatic rings. The maximum atomic E-state index is 14.4. The number of nitrogens with zero attached hydrogens (tertiary/aromatic N) is 2. The number of methoxy groups -OCH3 is 1. The van der Waals surface area contributed by atoms with E-state index in [0.29, 0.717) is 36.8 Å². The number of hydrogen-bond donors (Lipinski definition) is 2. The number of fused-ring (bicyclic) bond motifs is 2. The summed E-state index contributed by atoms with van der Waals surface area (Å²) in [6, 6.07) is 15.9. The molecule has 9 nitrogen and oxygen atoms in total. The number of rotatable bonds is 8. The van der Waals surface area contributed by atoms with E-state index in [9.17, 15) is 14.4 Å². The van der Waals surface area contributed by atoms with Crippen molar-refractivity contribution in [2.24, 2.45) is 5.92 Å². The minimum atomic E-state index is -0.950. The molecule has 0 radical (unpaired) electrons. The first-order valence-corrected chi connectivity index (χ1v) is 15.1. The Kier molecular flexibility index (Phi) is 11.1. The molecule has 5 rings (SSSR count). The monoisotopic (exact) mass is 672 g/mol. The van der Waals surface area contributed by atoms with Crippen LogP contribution in [0.1, 0.15) is 31.7 Å². The zero-order valence-electron chi connectivity index (χ0n) is 24.6. The van der Waals surface area contributed by atoms with Crippen molar-refractivity contribution in [1.29, 1.82) is 0 Å². The van der Waals surface area contributed by atoms with E-state index >= 15 is 0 Å². The summed E-state index contributed by atoms with van der Waals surface area (Å²) in [5, 5.41) is 7.80. The van der Waals surface area contributed by atoms with Crippen molar-refractivity contribution in [2.75, 3.05) is 43.7 Å². The highest BCUT2D eigenvalue weighted by molar-refractivity contribution is 9.10. The fourth-order valence-corrected chi connectivity index (χ4v) is 6.06. The average molecular weight is 674 g/mol. The van der Waals surface area contributed by atoms with Gasteiger partial charge in [-0.1, -0.05) is 40.2 Å². The van der Waals surface area contributed by atoms with Crippen LogP contribution in [0.15, 0.2) is 59.1 Å². The lowest BCUT2D eigenvalue weighted by Crippen LogP contribution is -2.55. The maximum absolute atomic E-state index is 14.4. The van der Waals surface area contributed by atoms with Gasteiger partial charge in [0.2, 0.25) is 11.8 Å². The molecule has 2 N–H and O–H groups in total. The molecular weight excluding hydrogens is 636 g/mol. The summed E-state index contributed by atoms with van der Waals surface area (Å²) in [6.07, 6.45) is 2.00. The lowest BCUT2D eigenvalue weighted by Gasteiger charge is -2.28. The van der Waals surface area contributed by atoms with Crippen LogP contribution in [0.3, 0.4) is 0 Å². The third-order valence-corrected chi connectivity index (χ3v) is 8.72. The zero-order chi connectivity index (χ0) is 29.8. The quantitative estimate of drug-likeness (QED) is 0.356. The summed E-state index contributed by atoms with van der Waals surface area (Å²) < 4.78 is 12.2. The molecule has 0 saturated carbocycles. The summed E-state index contributed by atoms with van der Waals surface area (Å²) in [5.74, 6) is 0.182. The van der Waals surface area contributed by atoms with Crippen LogP contribution in [-0.2, 0) is 25.7 Å². The molecule has 3 amide bonds. The zero-order valence-corrected chi connectivity index (χ0v) is 27.0. The molecule has 0 aromatic heterocycles. The number of likely N-dealkylation sites (N-methyl/N-ethyl adjacent to an activating group) is 1. The molecule has 2 heterocycles. The minimum Gasteiger partial charge on any atom is -0.496 e. The Bertz CT molecular complexity index is 1480. The van der Waals surface area contributed by atoms with Gasteiger partial charge in [0.05, 0.1) is 37.6 Å². The number of amides is 3. The van der Waals surface area contributed by atoms with Gasteiger partial charge < -0.3 is 29.9 Å². The van der Waals surface area contributed by atoms with Gasteiger partial charge in [-0.3, -0.25) is 14.4 Å². The van der Waals surface area contributed by atoms with E-state index in [-0.39, 0.29) is 49.1 Å². The first kappa shape index (κ1) is 32.7. The van der Waals surface area contributed by atoms with Gasteiger partial charge in [0.1, 0.15) is 11.8 Å². The van der Waals surface area contributed by atoms with Gasteiger partial charge in [-0.25, -0.2) is 0 Å². The fraction of sp³-hybridized carbons (Fsp3) is 0.406. The van der Waals surface area contributed by atoms with Crippen molar-refractivity contribution in [3.63, 3.8) is 0 Å². The lowest BCUT2D eigenvalue weighted by atomic mass is 9.95. The standard InChI is InChI=1S/C32H37BrN4O5.ClH/c1-20(34-2)31(39)35-26-19-36(30(38)16-21-12-14-42-15-13-21)27-6-4-5-7-28(27)37(32(26)40)18-25-24-10-9-23(33)17-22(24)8-11-29(25)41-3;/h4-11,17,20-21,26,34H,12-16,18-19H2,1-3H3,(H,35,39);1H. The SMILES string of the molecule is CNC(C)C(=O)NC1CN(C(=O)CC2CCOCC2)c2ccccc2N(Cc2c(OC)ccc3cc(Br)ccc23)C1=O.Cl. The van der Waals surface area contributed by atoms with E-state index in [1.165, 1.54) is 0 Å². The number of halogens is 2. The van der Waals surface area contributed by atoms with Gasteiger partial charge in [0.25, 0.3) is 5.91 Å². The van der Waals surface area contributed by atoms with Crippen LogP contribution < -0.4 is 25.2 Å². The van der Waals surface area contributed by atoms with Gasteiger partial charge in [-0.05, 0) is 73.8 Å². The smallest absolute Gasteiger partial charge is 0.251 e. The Balaban J connectivity index is 0.00000423. The highest BCUT2D eigenvalue weighted by atomic mass is 79.9. The van der Waals surface area contributed by atoms with Gasteiger partial charge in [-0.2, -0.15) is 0 Å². The number of para-hydroxylation sites is 2. The third kappa shape index (κ3) is 7.15. The number of carbonyl (C=O) groups is 3. The Labute approximate surface area is 266 Å². The normalized spacial score (nSPS) is 18.0. The predicted octanol–water partition coefficient (Wildman–Crippen LogP) is 4.82. The molecule has 230 valence electrons. The highest BCUT2D eigenvalue weighted by Crippen LogP contribution is 2.38. The Morgan fingerprint density at radius 2 is 1.81 bits per heavy atom. The van der Waals surface area contributed by atoms with Gasteiger partial charge in [0, 0.05) is 29.7 Å². The third-order valence-electron chi connectivity index (χ3n) is 8.23. The van der Waals surface area contributed by atoms with Crippen LogP contribution in [0, 0.1) is 5.92 Å². The van der Waals surface area contributed by atoms with Crippen molar-refractivity contribution in [3.05, 3.63) is 64.6 Å². The van der Waals surface area contributed by atoms with Gasteiger partial charge in [0.15, 0.2) is 0 Å². The van der Waals surface area contributed by atoms with Crippen LogP contribution in [0.4, 0.5) is 11.4 Å². The number of carbonyl (C=O) groups excluding carboxylic acids is 3. The predicted molar refractivity (Wildman–Crippen MR) is 174 cm³/mol. The van der Waals surface area contributed by atoms with Crippen LogP contribution >= 0.6 is 28.3 Å². The molecule has 1 fully saturated rings. The second-order valence-corrected chi connectivity index (χ2v) is 11.8. The topological polar surface area (TPSA) is 100 Å². The molecule has 0 spiro atoms. The Hall–Kier alpha value is -3.18. The van der Waals surface area contributed by atoms with E-state index in [2.05, 4.69) is 26.6 Å². The van der Waals surface area contributed by atoms with Crippen LogP contribution in [0.25, 0.3) is 10.8 Å². The van der Waals surface area contributed by atoms with Crippen LogP contribution in [0.5, 0.6) is 5.75 Å². The van der Waals surface area contributed by atoms with Crippen molar-refractivity contribution >= 4 is 68.2 Å². The average Bonchev–Trinajstić information content (AvgIpc) is 3.11. The van der Waals surface area contributed by atoms with Crippen molar-refractivity contribution < 1.29 is 23.9 Å². The molecular formula is C32H38BrClN4O5. The highest BCUT2D eigenvalue weighted by Gasteiger charge is 2.38. The van der Waals surface area contributed by atoms with Crippen molar-refractivity contribution in [3.8, 4) is 5.75 Å². The summed E-state index contributed by atoms with van der Waals surface area (Å²) >= 11 is 3.55. The van der Waals surface area contributed by atoms with E-state index < -0.39 is 12.1 Å². The van der Waals surface area contributed by atoms with E-state index in [1.807, 2.05) is 54.6 Å². The number of hydrogen-bond acceptors (Lipinski definition) is 6. The number of ether oxygens (including phenoxy) is 2. The van der Waals surface area contributed by atoms with Crippen molar-refractivity contribution in [2.45, 2.75) is 44.8 Å². The van der Waals surface area contributed by atoms with Crippen LogP contribution in [-0.4, -0.2) is 63.7 Å². The van der Waals surface area contributed by atoms with Crippen molar-refractivity contribution in [1.82, 2.24) is 10.6 Å². The molecule has 3 aromatic rings. The van der Waals surface area contributed by atoms with E-state index in [1.54, 1.807) is 30.9 Å². The van der Waals surface area contributed by atoms with E-state index in [0.717, 1.165) is 33.7 Å². The van der Waals surface area contributed by atoms with Gasteiger partial charge in [-0.15, -0.1) is 12.4 Å². The maximum Gasteiger partial charge on any atom is 0.251 e. The molecule has 1 saturated heterocycles. The number of anilines is 2. The summed E-state index contributed by atoms with van der Waals surface area (Å²) in [6.45, 7) is 3.25. The van der Waals surface area contributed by atoms with Crippen LogP contribution in [0.2, 0.25) is 0 Å². The summed E-state index contributed by atoms with van der Waals surface area (Å²) in [7, 11) is 3.30. The molecule has 0 aliphatic carbocycles. The molecule has 2 atom stereocenters. The number of benzene rings is 3. The summed E-state index contributed by atoms with van der Waals surface area (Å²) in [5.41, 5.74) is 2.09. The molecule has 11 heteroatoms. The largest absolute Gasteiger partial charge is 0.496 e. The second kappa shape index (κ2) is 14.5. The molecule has 43 heavy (non-hydrogen) atoms.